The van der Waals surface area contributed by atoms with Gasteiger partial charge in [-0.15, -0.1) is 0 Å². The van der Waals surface area contributed by atoms with Crippen molar-refractivity contribution >= 4 is 22.6 Å². The summed E-state index contributed by atoms with van der Waals surface area (Å²) >= 11 is 0. The molecule has 0 aliphatic carbocycles. The molecule has 0 saturated heterocycles. The smallest absolute Gasteiger partial charge is 0.257 e. The van der Waals surface area contributed by atoms with Gasteiger partial charge in [0.1, 0.15) is 24.0 Å². The maximum Gasteiger partial charge on any atom is 0.257 e. The summed E-state index contributed by atoms with van der Waals surface area (Å²) in [6, 6.07) is 13.2. The molecule has 0 radical (unpaired) electrons. The number of ether oxygens (including phenoxy) is 3. The number of nitrogens with zero attached hydrogens (tertiary/aromatic N) is 1. The Hall–Kier alpha value is -4.14. The van der Waals surface area contributed by atoms with Crippen LogP contribution in [0.2, 0.25) is 0 Å². The number of aromatic amines is 1. The Morgan fingerprint density at radius 1 is 1.03 bits per heavy atom. The predicted molar refractivity (Wildman–Crippen MR) is 107 cm³/mol. The summed E-state index contributed by atoms with van der Waals surface area (Å²) in [6.07, 6.45) is 0. The van der Waals surface area contributed by atoms with E-state index in [9.17, 15) is 13.6 Å². The summed E-state index contributed by atoms with van der Waals surface area (Å²) in [5.41, 5.74) is 1.44. The quantitative estimate of drug-likeness (QED) is 0.497. The van der Waals surface area contributed by atoms with Crippen molar-refractivity contribution in [2.45, 2.75) is 6.61 Å². The van der Waals surface area contributed by atoms with E-state index in [1.165, 1.54) is 12.1 Å². The molecule has 7 nitrogen and oxygen atoms in total. The SMILES string of the molecule is O=C(Nc1n[nH]c2ccc(OCc3cc(F)cc(F)c3)cc12)c1ccc2c(c1)OCO2. The van der Waals surface area contributed by atoms with E-state index in [-0.39, 0.29) is 19.3 Å². The second-order valence-corrected chi connectivity index (χ2v) is 6.87. The van der Waals surface area contributed by atoms with Crippen LogP contribution in [0.1, 0.15) is 15.9 Å². The molecule has 0 atom stereocenters. The second kappa shape index (κ2) is 7.60. The zero-order valence-corrected chi connectivity index (χ0v) is 15.9. The van der Waals surface area contributed by atoms with Gasteiger partial charge in [0.05, 0.1) is 5.52 Å². The average Bonchev–Trinajstić information content (AvgIpc) is 3.38. The zero-order chi connectivity index (χ0) is 21.4. The van der Waals surface area contributed by atoms with E-state index < -0.39 is 11.6 Å². The van der Waals surface area contributed by atoms with Crippen LogP contribution >= 0.6 is 0 Å². The van der Waals surface area contributed by atoms with Gasteiger partial charge in [-0.05, 0) is 54.1 Å². The van der Waals surface area contributed by atoms with Crippen LogP contribution in [-0.2, 0) is 6.61 Å². The minimum absolute atomic E-state index is 0.0169. The van der Waals surface area contributed by atoms with E-state index in [4.69, 9.17) is 14.2 Å². The molecule has 9 heteroatoms. The lowest BCUT2D eigenvalue weighted by Crippen LogP contribution is -2.12. The molecule has 1 aliphatic heterocycles. The van der Waals surface area contributed by atoms with Crippen molar-refractivity contribution in [1.29, 1.82) is 0 Å². The van der Waals surface area contributed by atoms with Gasteiger partial charge in [0.2, 0.25) is 6.79 Å². The molecular formula is C22H15F2N3O4. The Morgan fingerprint density at radius 3 is 2.68 bits per heavy atom. The number of benzene rings is 3. The van der Waals surface area contributed by atoms with Crippen LogP contribution in [0.3, 0.4) is 0 Å². The van der Waals surface area contributed by atoms with E-state index >= 15 is 0 Å². The molecule has 4 aromatic rings. The van der Waals surface area contributed by atoms with Crippen molar-refractivity contribution in [2.24, 2.45) is 0 Å². The lowest BCUT2D eigenvalue weighted by molar-refractivity contribution is 0.102. The average molecular weight is 423 g/mol. The molecule has 1 aromatic heterocycles. The summed E-state index contributed by atoms with van der Waals surface area (Å²) in [7, 11) is 0. The molecule has 0 unspecified atom stereocenters. The van der Waals surface area contributed by atoms with Crippen molar-refractivity contribution in [3.63, 3.8) is 0 Å². The third kappa shape index (κ3) is 3.85. The van der Waals surface area contributed by atoms with E-state index in [0.29, 0.717) is 45.1 Å². The number of aromatic nitrogens is 2. The second-order valence-electron chi connectivity index (χ2n) is 6.87. The molecule has 156 valence electrons. The number of amides is 1. The highest BCUT2D eigenvalue weighted by atomic mass is 19.1. The van der Waals surface area contributed by atoms with E-state index in [1.807, 2.05) is 0 Å². The Kier molecular flexibility index (Phi) is 4.62. The molecule has 1 aliphatic rings. The molecule has 31 heavy (non-hydrogen) atoms. The minimum Gasteiger partial charge on any atom is -0.489 e. The van der Waals surface area contributed by atoms with Crippen molar-refractivity contribution in [1.82, 2.24) is 10.2 Å². The topological polar surface area (TPSA) is 85.5 Å². The lowest BCUT2D eigenvalue weighted by Gasteiger charge is -2.08. The maximum absolute atomic E-state index is 13.3. The molecule has 0 spiro atoms. The normalized spacial score (nSPS) is 12.2. The molecule has 0 bridgehead atoms. The predicted octanol–water partition coefficient (Wildman–Crippen LogP) is 4.40. The summed E-state index contributed by atoms with van der Waals surface area (Å²) in [6.45, 7) is 0.104. The number of nitrogens with one attached hydrogen (secondary N) is 2. The molecule has 5 rings (SSSR count). The van der Waals surface area contributed by atoms with Crippen LogP contribution in [0.15, 0.2) is 54.6 Å². The first-order valence-corrected chi connectivity index (χ1v) is 9.32. The van der Waals surface area contributed by atoms with Gasteiger partial charge in [0, 0.05) is 17.0 Å². The number of fused-ring (bicyclic) bond motifs is 2. The van der Waals surface area contributed by atoms with E-state index in [0.717, 1.165) is 6.07 Å². The number of carbonyl (C=O) groups excluding carboxylic acids is 1. The summed E-state index contributed by atoms with van der Waals surface area (Å²) in [5.74, 6) is 0.158. The number of hydrogen-bond donors (Lipinski definition) is 2. The van der Waals surface area contributed by atoms with Crippen molar-refractivity contribution in [3.05, 3.63) is 77.4 Å². The summed E-state index contributed by atoms with van der Waals surface area (Å²) in [5, 5.41) is 10.4. The summed E-state index contributed by atoms with van der Waals surface area (Å²) in [4.78, 5) is 12.7. The van der Waals surface area contributed by atoms with Crippen molar-refractivity contribution in [2.75, 3.05) is 12.1 Å². The first-order valence-electron chi connectivity index (χ1n) is 9.32. The first-order chi connectivity index (χ1) is 15.0. The molecule has 0 fully saturated rings. The summed E-state index contributed by atoms with van der Waals surface area (Å²) < 4.78 is 42.9. The Morgan fingerprint density at radius 2 is 1.84 bits per heavy atom. The zero-order valence-electron chi connectivity index (χ0n) is 15.9. The van der Waals surface area contributed by atoms with Crippen LogP contribution in [0, 0.1) is 11.6 Å². The molecule has 2 heterocycles. The third-order valence-electron chi connectivity index (χ3n) is 4.73. The van der Waals surface area contributed by atoms with E-state index in [2.05, 4.69) is 15.5 Å². The fourth-order valence-corrected chi connectivity index (χ4v) is 3.26. The number of hydrogen-bond acceptors (Lipinski definition) is 5. The number of carbonyl (C=O) groups is 1. The van der Waals surface area contributed by atoms with Gasteiger partial charge in [-0.3, -0.25) is 9.89 Å². The van der Waals surface area contributed by atoms with Gasteiger partial charge in [-0.2, -0.15) is 5.10 Å². The molecular weight excluding hydrogens is 408 g/mol. The highest BCUT2D eigenvalue weighted by Crippen LogP contribution is 2.33. The van der Waals surface area contributed by atoms with Gasteiger partial charge < -0.3 is 19.5 Å². The Bertz CT molecular complexity index is 1290. The molecule has 0 saturated carbocycles. The van der Waals surface area contributed by atoms with Crippen LogP contribution < -0.4 is 19.5 Å². The van der Waals surface area contributed by atoms with Crippen LogP contribution in [-0.4, -0.2) is 22.9 Å². The maximum atomic E-state index is 13.3. The Balaban J connectivity index is 1.34. The number of halogens is 2. The van der Waals surface area contributed by atoms with Crippen LogP contribution in [0.4, 0.5) is 14.6 Å². The number of anilines is 1. The highest BCUT2D eigenvalue weighted by Gasteiger charge is 2.18. The number of rotatable bonds is 5. The van der Waals surface area contributed by atoms with Crippen LogP contribution in [0.5, 0.6) is 17.2 Å². The molecule has 2 N–H and O–H groups in total. The fraction of sp³-hybridized carbons (Fsp3) is 0.0909. The first kappa shape index (κ1) is 18.9. The van der Waals surface area contributed by atoms with Crippen molar-refractivity contribution < 1.29 is 27.8 Å². The van der Waals surface area contributed by atoms with Gasteiger partial charge >= 0.3 is 0 Å². The highest BCUT2D eigenvalue weighted by molar-refractivity contribution is 6.08. The van der Waals surface area contributed by atoms with Gasteiger partial charge in [0.25, 0.3) is 5.91 Å². The van der Waals surface area contributed by atoms with E-state index in [1.54, 1.807) is 36.4 Å². The van der Waals surface area contributed by atoms with Gasteiger partial charge in [0.15, 0.2) is 17.3 Å². The third-order valence-corrected chi connectivity index (χ3v) is 4.73. The van der Waals surface area contributed by atoms with Gasteiger partial charge in [-0.1, -0.05) is 0 Å². The minimum atomic E-state index is -0.669. The monoisotopic (exact) mass is 423 g/mol. The van der Waals surface area contributed by atoms with Crippen LogP contribution in [0.25, 0.3) is 10.9 Å². The van der Waals surface area contributed by atoms with Crippen molar-refractivity contribution in [3.8, 4) is 17.2 Å². The lowest BCUT2D eigenvalue weighted by atomic mass is 10.2. The molecule has 3 aromatic carbocycles. The standard InChI is InChI=1S/C22H15F2N3O4/c23-14-5-12(6-15(24)8-14)10-29-16-2-3-18-17(9-16)21(27-26-18)25-22(28)13-1-4-19-20(7-13)31-11-30-19/h1-9H,10-11H2,(H2,25,26,27,28). The van der Waals surface area contributed by atoms with Gasteiger partial charge in [-0.25, -0.2) is 8.78 Å². The molecule has 1 amide bonds. The number of H-pyrrole nitrogens is 1. The largest absolute Gasteiger partial charge is 0.489 e. The fourth-order valence-electron chi connectivity index (χ4n) is 3.26. The Labute approximate surface area is 174 Å².